The number of para-hydroxylation sites is 1. The van der Waals surface area contributed by atoms with Crippen LogP contribution in [-0.2, 0) is 6.42 Å². The first kappa shape index (κ1) is 14.4. The van der Waals surface area contributed by atoms with Gasteiger partial charge in [0.25, 0.3) is 0 Å². The van der Waals surface area contributed by atoms with Gasteiger partial charge in [0, 0.05) is 21.8 Å². The van der Waals surface area contributed by atoms with Crippen LogP contribution in [0.15, 0.2) is 53.0 Å². The number of benzene rings is 2. The molecule has 0 unspecified atom stereocenters. The smallest absolute Gasteiger partial charge is 0.217 e. The fraction of sp³-hybridized carbons (Fsp3) is 0.118. The highest BCUT2D eigenvalue weighted by Gasteiger charge is 2.09. The van der Waals surface area contributed by atoms with E-state index in [1.807, 2.05) is 36.4 Å². The molecule has 0 aliphatic carbocycles. The van der Waals surface area contributed by atoms with Crippen molar-refractivity contribution in [2.24, 2.45) is 0 Å². The van der Waals surface area contributed by atoms with E-state index in [1.165, 1.54) is 0 Å². The van der Waals surface area contributed by atoms with Crippen LogP contribution in [0.25, 0.3) is 10.9 Å². The lowest BCUT2D eigenvalue weighted by Gasteiger charge is -2.10. The van der Waals surface area contributed by atoms with Crippen molar-refractivity contribution in [1.29, 1.82) is 0 Å². The molecule has 0 fully saturated rings. The molecule has 0 bridgehead atoms. The molecule has 2 aromatic carbocycles. The second kappa shape index (κ2) is 6.04. The first-order valence-corrected chi connectivity index (χ1v) is 7.71. The molecule has 0 aliphatic heterocycles. The van der Waals surface area contributed by atoms with Crippen LogP contribution in [0.1, 0.15) is 11.1 Å². The summed E-state index contributed by atoms with van der Waals surface area (Å²) in [5.41, 5.74) is 3.11. The predicted molar refractivity (Wildman–Crippen MR) is 90.3 cm³/mol. The van der Waals surface area contributed by atoms with Crippen LogP contribution in [0, 0.1) is 0 Å². The molecule has 0 atom stereocenters. The molecule has 0 spiro atoms. The molecule has 3 rings (SSSR count). The minimum absolute atomic E-state index is 0.660. The largest absolute Gasteiger partial charge is 0.481 e. The van der Waals surface area contributed by atoms with E-state index < -0.39 is 0 Å². The Morgan fingerprint density at radius 2 is 1.95 bits per heavy atom. The van der Waals surface area contributed by atoms with Gasteiger partial charge in [-0.2, -0.15) is 0 Å². The Kier molecular flexibility index (Phi) is 4.13. The fourth-order valence-corrected chi connectivity index (χ4v) is 2.76. The number of ether oxygens (including phenoxy) is 1. The number of hydrogen-bond donors (Lipinski definition) is 0. The molecule has 106 valence electrons. The van der Waals surface area contributed by atoms with Crippen molar-refractivity contribution in [3.8, 4) is 5.88 Å². The molecule has 1 heterocycles. The Bertz CT molecular complexity index is 804. The van der Waals surface area contributed by atoms with E-state index in [4.69, 9.17) is 16.3 Å². The predicted octanol–water partition coefficient (Wildman–Crippen LogP) is 5.25. The average Bonchev–Trinajstić information content (AvgIpc) is 2.50. The Morgan fingerprint density at radius 1 is 1.14 bits per heavy atom. The SMILES string of the molecule is COc1nc2ccccc2cc1Cc1ccc(Br)c(Cl)c1. The van der Waals surface area contributed by atoms with E-state index >= 15 is 0 Å². The summed E-state index contributed by atoms with van der Waals surface area (Å²) in [5.74, 6) is 0.660. The molecular formula is C17H13BrClNO. The monoisotopic (exact) mass is 361 g/mol. The summed E-state index contributed by atoms with van der Waals surface area (Å²) >= 11 is 9.56. The fourth-order valence-electron chi connectivity index (χ4n) is 2.31. The highest BCUT2D eigenvalue weighted by atomic mass is 79.9. The number of hydrogen-bond acceptors (Lipinski definition) is 2. The highest BCUT2D eigenvalue weighted by molar-refractivity contribution is 9.10. The molecule has 21 heavy (non-hydrogen) atoms. The molecule has 0 saturated carbocycles. The van der Waals surface area contributed by atoms with Crippen LogP contribution >= 0.6 is 27.5 Å². The van der Waals surface area contributed by atoms with Crippen LogP contribution in [0.5, 0.6) is 5.88 Å². The molecular weight excluding hydrogens is 350 g/mol. The van der Waals surface area contributed by atoms with E-state index in [-0.39, 0.29) is 0 Å². The van der Waals surface area contributed by atoms with Gasteiger partial charge in [-0.15, -0.1) is 0 Å². The average molecular weight is 363 g/mol. The van der Waals surface area contributed by atoms with E-state index in [0.29, 0.717) is 10.9 Å². The van der Waals surface area contributed by atoms with Gasteiger partial charge in [-0.05, 0) is 45.8 Å². The zero-order valence-corrected chi connectivity index (χ0v) is 13.8. The van der Waals surface area contributed by atoms with Gasteiger partial charge in [0.05, 0.1) is 17.6 Å². The van der Waals surface area contributed by atoms with Crippen molar-refractivity contribution in [2.75, 3.05) is 7.11 Å². The third kappa shape index (κ3) is 3.04. The third-order valence-electron chi connectivity index (χ3n) is 3.34. The summed E-state index contributed by atoms with van der Waals surface area (Å²) in [4.78, 5) is 4.57. The molecule has 2 nitrogen and oxygen atoms in total. The van der Waals surface area contributed by atoms with Crippen molar-refractivity contribution in [1.82, 2.24) is 4.98 Å². The van der Waals surface area contributed by atoms with Crippen LogP contribution < -0.4 is 4.74 Å². The van der Waals surface area contributed by atoms with Crippen molar-refractivity contribution < 1.29 is 4.74 Å². The summed E-state index contributed by atoms with van der Waals surface area (Å²) < 4.78 is 6.33. The second-order valence-electron chi connectivity index (χ2n) is 4.77. The maximum atomic E-state index is 6.16. The molecule has 0 saturated heterocycles. The molecule has 3 aromatic rings. The summed E-state index contributed by atoms with van der Waals surface area (Å²) in [7, 11) is 1.65. The van der Waals surface area contributed by atoms with Crippen molar-refractivity contribution in [3.63, 3.8) is 0 Å². The van der Waals surface area contributed by atoms with Crippen LogP contribution in [0.4, 0.5) is 0 Å². The van der Waals surface area contributed by atoms with Gasteiger partial charge < -0.3 is 4.74 Å². The second-order valence-corrected chi connectivity index (χ2v) is 6.04. The zero-order chi connectivity index (χ0) is 14.8. The van der Waals surface area contributed by atoms with E-state index in [0.717, 1.165) is 32.9 Å². The van der Waals surface area contributed by atoms with Gasteiger partial charge in [-0.25, -0.2) is 4.98 Å². The van der Waals surface area contributed by atoms with Crippen LogP contribution in [0.3, 0.4) is 0 Å². The molecule has 0 N–H and O–H groups in total. The topological polar surface area (TPSA) is 22.1 Å². The van der Waals surface area contributed by atoms with E-state index in [1.54, 1.807) is 7.11 Å². The summed E-state index contributed by atoms with van der Waals surface area (Å²) in [5, 5.41) is 1.82. The summed E-state index contributed by atoms with van der Waals surface area (Å²) in [6.45, 7) is 0. The first-order chi connectivity index (χ1) is 10.2. The lowest BCUT2D eigenvalue weighted by molar-refractivity contribution is 0.395. The molecule has 0 aliphatic rings. The van der Waals surface area contributed by atoms with Gasteiger partial charge >= 0.3 is 0 Å². The quantitative estimate of drug-likeness (QED) is 0.635. The highest BCUT2D eigenvalue weighted by Crippen LogP contribution is 2.28. The molecule has 0 amide bonds. The molecule has 1 aromatic heterocycles. The number of halogens is 2. The Morgan fingerprint density at radius 3 is 2.71 bits per heavy atom. The van der Waals surface area contributed by atoms with Crippen molar-refractivity contribution in [3.05, 3.63) is 69.2 Å². The maximum Gasteiger partial charge on any atom is 0.217 e. The summed E-state index contributed by atoms with van der Waals surface area (Å²) in [6.07, 6.45) is 0.730. The van der Waals surface area contributed by atoms with Crippen molar-refractivity contribution >= 4 is 38.4 Å². The van der Waals surface area contributed by atoms with Crippen LogP contribution in [0.2, 0.25) is 5.02 Å². The van der Waals surface area contributed by atoms with Gasteiger partial charge in [-0.3, -0.25) is 0 Å². The Hall–Kier alpha value is -1.58. The molecule has 0 radical (unpaired) electrons. The van der Waals surface area contributed by atoms with Gasteiger partial charge in [0.15, 0.2) is 0 Å². The van der Waals surface area contributed by atoms with Gasteiger partial charge in [-0.1, -0.05) is 35.9 Å². The number of pyridine rings is 1. The zero-order valence-electron chi connectivity index (χ0n) is 11.4. The molecule has 4 heteroatoms. The minimum atomic E-state index is 0.660. The maximum absolute atomic E-state index is 6.16. The summed E-state index contributed by atoms with van der Waals surface area (Å²) in [6, 6.07) is 16.1. The standard InChI is InChI=1S/C17H13BrClNO/c1-21-17-13(8-11-6-7-14(18)15(19)9-11)10-12-4-2-3-5-16(12)20-17/h2-7,9-10H,8H2,1H3. The normalized spacial score (nSPS) is 10.8. The minimum Gasteiger partial charge on any atom is -0.481 e. The van der Waals surface area contributed by atoms with Crippen LogP contribution in [-0.4, -0.2) is 12.1 Å². The van der Waals surface area contributed by atoms with E-state index in [9.17, 15) is 0 Å². The lowest BCUT2D eigenvalue weighted by atomic mass is 10.0. The third-order valence-corrected chi connectivity index (χ3v) is 4.57. The lowest BCUT2D eigenvalue weighted by Crippen LogP contribution is -1.97. The number of aromatic nitrogens is 1. The van der Waals surface area contributed by atoms with Crippen molar-refractivity contribution in [2.45, 2.75) is 6.42 Å². The first-order valence-electron chi connectivity index (χ1n) is 6.54. The number of nitrogens with zero attached hydrogens (tertiary/aromatic N) is 1. The number of fused-ring (bicyclic) bond motifs is 1. The number of methoxy groups -OCH3 is 1. The van der Waals surface area contributed by atoms with Gasteiger partial charge in [0.1, 0.15) is 0 Å². The van der Waals surface area contributed by atoms with E-state index in [2.05, 4.69) is 33.0 Å². The van der Waals surface area contributed by atoms with Gasteiger partial charge in [0.2, 0.25) is 5.88 Å². The number of rotatable bonds is 3. The Labute approximate surface area is 136 Å². The Balaban J connectivity index is 2.04.